The molecule has 1 aromatic carbocycles. The number of hydrogen-bond donors (Lipinski definition) is 1. The maximum absolute atomic E-state index is 13.6. The van der Waals surface area contributed by atoms with Crippen LogP contribution in [0.25, 0.3) is 0 Å². The average molecular weight is 532 g/mol. The first-order valence-electron chi connectivity index (χ1n) is 11.7. The molecule has 2 rings (SSSR count). The summed E-state index contributed by atoms with van der Waals surface area (Å²) in [5, 5.41) is 9.78. The van der Waals surface area contributed by atoms with Crippen LogP contribution in [-0.4, -0.2) is 37.0 Å². The first-order chi connectivity index (χ1) is 16.1. The summed E-state index contributed by atoms with van der Waals surface area (Å²) in [7, 11) is -2.30. The number of anilines is 1. The zero-order chi connectivity index (χ0) is 26.8. The molecule has 0 spiro atoms. The van der Waals surface area contributed by atoms with Gasteiger partial charge in [-0.05, 0) is 53.6 Å². The van der Waals surface area contributed by atoms with Gasteiger partial charge >= 0.3 is 18.2 Å². The molecule has 35 heavy (non-hydrogen) atoms. The summed E-state index contributed by atoms with van der Waals surface area (Å²) >= 11 is 6.05. The summed E-state index contributed by atoms with van der Waals surface area (Å²) < 4.78 is 42.0. The molecule has 1 aliphatic rings. The number of aliphatic carboxylic acids is 1. The molecule has 1 saturated carbocycles. The van der Waals surface area contributed by atoms with Crippen molar-refractivity contribution in [3.8, 4) is 17.2 Å². The highest BCUT2D eigenvalue weighted by Gasteiger charge is 2.50. The molecule has 0 unspecified atom stereocenters. The number of carboxylic acid groups (broad SMARTS) is 1. The second-order valence-electron chi connectivity index (χ2n) is 9.99. The molecule has 0 radical (unpaired) electrons. The van der Waals surface area contributed by atoms with Gasteiger partial charge in [0.15, 0.2) is 0 Å². The number of benzene rings is 1. The van der Waals surface area contributed by atoms with Crippen LogP contribution >= 0.6 is 11.6 Å². The molecular weight excluding hydrogens is 499 g/mol. The zero-order valence-electron chi connectivity index (χ0n) is 20.9. The molecule has 0 atom stereocenters. The Labute approximate surface area is 211 Å². The van der Waals surface area contributed by atoms with Crippen LogP contribution < -0.4 is 9.64 Å². The minimum Gasteiger partial charge on any atom is -0.479 e. The number of halogens is 4. The first kappa shape index (κ1) is 29.0. The van der Waals surface area contributed by atoms with Gasteiger partial charge in [-0.15, -0.1) is 18.7 Å². The highest BCUT2D eigenvalue weighted by atomic mass is 35.5. The fourth-order valence-electron chi connectivity index (χ4n) is 5.54. The Balaban J connectivity index is 2.66. The lowest BCUT2D eigenvalue weighted by atomic mass is 9.94. The summed E-state index contributed by atoms with van der Waals surface area (Å²) in [6.07, 6.45) is -3.35. The van der Waals surface area contributed by atoms with Crippen LogP contribution in [0.4, 0.5) is 18.9 Å². The van der Waals surface area contributed by atoms with Crippen LogP contribution in [-0.2, 0) is 9.59 Å². The van der Waals surface area contributed by atoms with Gasteiger partial charge in [0.05, 0.1) is 5.02 Å². The van der Waals surface area contributed by atoms with Gasteiger partial charge in [-0.25, -0.2) is 4.79 Å². The molecule has 1 amide bonds. The largest absolute Gasteiger partial charge is 0.573 e. The van der Waals surface area contributed by atoms with Crippen molar-refractivity contribution >= 4 is 37.2 Å². The maximum Gasteiger partial charge on any atom is 0.573 e. The Hall–Kier alpha value is -2.18. The minimum atomic E-state index is -4.95. The van der Waals surface area contributed by atoms with Crippen molar-refractivity contribution in [3.63, 3.8) is 0 Å². The molecule has 5 nitrogen and oxygen atoms in total. The molecule has 1 fully saturated rings. The van der Waals surface area contributed by atoms with E-state index in [-0.39, 0.29) is 40.2 Å². The number of rotatable bonds is 7. The summed E-state index contributed by atoms with van der Waals surface area (Å²) in [5.74, 6) is 0.256. The number of ether oxygens (including phenoxy) is 1. The smallest absolute Gasteiger partial charge is 0.479 e. The Morgan fingerprint density at radius 3 is 2.00 bits per heavy atom. The van der Waals surface area contributed by atoms with Crippen LogP contribution in [0.15, 0.2) is 18.2 Å². The quantitative estimate of drug-likeness (QED) is 0.298. The molecule has 194 valence electrons. The summed E-state index contributed by atoms with van der Waals surface area (Å²) in [6.45, 7) is 12.6. The lowest BCUT2D eigenvalue weighted by Gasteiger charge is -2.39. The van der Waals surface area contributed by atoms with Gasteiger partial charge in [-0.3, -0.25) is 9.69 Å². The monoisotopic (exact) mass is 531 g/mol. The molecule has 1 N–H and O–H groups in total. The van der Waals surface area contributed by atoms with E-state index in [1.54, 1.807) is 0 Å². The third kappa shape index (κ3) is 5.97. The third-order valence-electron chi connectivity index (χ3n) is 7.11. The Morgan fingerprint density at radius 1 is 1.09 bits per heavy atom. The normalized spacial score (nSPS) is 15.8. The van der Waals surface area contributed by atoms with Gasteiger partial charge in [0.1, 0.15) is 19.4 Å². The number of carboxylic acids is 1. The van der Waals surface area contributed by atoms with Gasteiger partial charge < -0.3 is 9.84 Å². The van der Waals surface area contributed by atoms with E-state index in [9.17, 15) is 27.9 Å². The van der Waals surface area contributed by atoms with Crippen LogP contribution in [0.5, 0.6) is 5.75 Å². The molecule has 0 aliphatic heterocycles. The van der Waals surface area contributed by atoms with E-state index in [1.165, 1.54) is 6.07 Å². The summed E-state index contributed by atoms with van der Waals surface area (Å²) in [4.78, 5) is 27.2. The van der Waals surface area contributed by atoms with E-state index in [0.717, 1.165) is 17.0 Å². The molecule has 1 aliphatic carbocycles. The number of carbonyl (C=O) groups excluding carboxylic acids is 1. The molecule has 0 heterocycles. The first-order valence-corrected chi connectivity index (χ1v) is 14.4. The van der Waals surface area contributed by atoms with Gasteiger partial charge in [0.2, 0.25) is 0 Å². The lowest BCUT2D eigenvalue weighted by Crippen LogP contribution is -2.56. The number of alkyl halides is 3. The molecule has 1 aromatic rings. The van der Waals surface area contributed by atoms with E-state index in [0.29, 0.717) is 12.8 Å². The summed E-state index contributed by atoms with van der Waals surface area (Å²) in [6, 6.07) is 3.33. The highest BCUT2D eigenvalue weighted by molar-refractivity contribution is 6.90. The molecule has 0 bridgehead atoms. The SMILES string of the molecule is CC(C)[Si](C#CC(=O)N(c1ccc(OC(F)(F)F)c(Cl)c1)C1(C(=O)O)CCCC1)(C(C)C)C(C)C. The molecular formula is C25H33ClF3NO4Si. The molecule has 10 heteroatoms. The van der Waals surface area contributed by atoms with Crippen molar-refractivity contribution in [2.24, 2.45) is 0 Å². The van der Waals surface area contributed by atoms with E-state index in [1.807, 2.05) is 0 Å². The van der Waals surface area contributed by atoms with Gasteiger partial charge in [-0.2, -0.15) is 0 Å². The molecule has 0 saturated heterocycles. The second-order valence-corrected chi connectivity index (χ2v) is 16.0. The van der Waals surface area contributed by atoms with Gasteiger partial charge in [0.25, 0.3) is 0 Å². The van der Waals surface area contributed by atoms with Gasteiger partial charge in [-0.1, -0.05) is 66.0 Å². The summed E-state index contributed by atoms with van der Waals surface area (Å²) in [5.41, 5.74) is 2.59. The topological polar surface area (TPSA) is 66.8 Å². The second kappa shape index (κ2) is 10.8. The van der Waals surface area contributed by atoms with Crippen molar-refractivity contribution in [1.82, 2.24) is 0 Å². The van der Waals surface area contributed by atoms with Crippen LogP contribution in [0, 0.1) is 11.5 Å². The fourth-order valence-corrected chi connectivity index (χ4v) is 10.9. The molecule has 0 aromatic heterocycles. The number of hydrogen-bond acceptors (Lipinski definition) is 3. The Kier molecular flexibility index (Phi) is 8.99. The number of carbonyl (C=O) groups is 2. The highest BCUT2D eigenvalue weighted by Crippen LogP contribution is 2.43. The van der Waals surface area contributed by atoms with Crippen molar-refractivity contribution in [2.75, 3.05) is 4.90 Å². The van der Waals surface area contributed by atoms with Gasteiger partial charge in [0, 0.05) is 5.69 Å². The standard InChI is InChI=1S/C25H33ClF3NO4Si/c1-16(2)35(17(3)4,18(5)6)14-11-22(31)30(24(23(32)33)12-7-8-13-24)19-9-10-21(20(26)15-19)34-25(27,28)29/h9-10,15-18H,7-8,12-13H2,1-6H3,(H,32,33). The Morgan fingerprint density at radius 2 is 1.60 bits per heavy atom. The number of nitrogens with zero attached hydrogens (tertiary/aromatic N) is 1. The van der Waals surface area contributed by atoms with E-state index >= 15 is 0 Å². The van der Waals surface area contributed by atoms with Crippen molar-refractivity contribution in [2.45, 2.75) is 95.8 Å². The Bertz CT molecular complexity index is 986. The van der Waals surface area contributed by atoms with Crippen LogP contribution in [0.1, 0.15) is 67.2 Å². The number of amides is 1. The zero-order valence-corrected chi connectivity index (χ0v) is 22.7. The predicted octanol–water partition coefficient (Wildman–Crippen LogP) is 7.19. The van der Waals surface area contributed by atoms with Crippen LogP contribution in [0.2, 0.25) is 21.6 Å². The average Bonchev–Trinajstić information content (AvgIpc) is 3.20. The predicted molar refractivity (Wildman–Crippen MR) is 133 cm³/mol. The van der Waals surface area contributed by atoms with Crippen LogP contribution in [0.3, 0.4) is 0 Å². The van der Waals surface area contributed by atoms with E-state index < -0.39 is 37.6 Å². The van der Waals surface area contributed by atoms with E-state index in [2.05, 4.69) is 57.7 Å². The lowest BCUT2D eigenvalue weighted by molar-refractivity contribution is -0.274. The fraction of sp³-hybridized carbons (Fsp3) is 0.600. The van der Waals surface area contributed by atoms with E-state index in [4.69, 9.17) is 11.6 Å². The third-order valence-corrected chi connectivity index (χ3v) is 13.7. The van der Waals surface area contributed by atoms with Crippen molar-refractivity contribution in [3.05, 3.63) is 23.2 Å². The minimum absolute atomic E-state index is 0.0685. The van der Waals surface area contributed by atoms with Crippen molar-refractivity contribution < 1.29 is 32.6 Å². The maximum atomic E-state index is 13.6. The van der Waals surface area contributed by atoms with Crippen molar-refractivity contribution in [1.29, 1.82) is 0 Å².